The van der Waals surface area contributed by atoms with Gasteiger partial charge >= 0.3 is 0 Å². The van der Waals surface area contributed by atoms with Crippen LogP contribution in [0.1, 0.15) is 6.42 Å². The number of hydrogen-bond acceptors (Lipinski definition) is 5. The number of carbonyl (C=O) groups is 1. The second-order valence-electron chi connectivity index (χ2n) is 4.34. The van der Waals surface area contributed by atoms with Crippen LogP contribution in [0, 0.1) is 5.92 Å². The molecule has 0 bridgehead atoms. The Morgan fingerprint density at radius 3 is 2.89 bits per heavy atom. The standard InChI is InChI=1S/C12H14N2O3S/c13-8-3-10-11(17-6-16-10)4-9(8)14-12(15)7-1-2-18-5-7/h3-4,7H,1-2,5-6,13H2,(H,14,15). The molecular weight excluding hydrogens is 252 g/mol. The Morgan fingerprint density at radius 1 is 1.39 bits per heavy atom. The summed E-state index contributed by atoms with van der Waals surface area (Å²) in [6.45, 7) is 0.200. The van der Waals surface area contributed by atoms with Gasteiger partial charge in [0.2, 0.25) is 12.7 Å². The highest BCUT2D eigenvalue weighted by Crippen LogP contribution is 2.38. The predicted molar refractivity (Wildman–Crippen MR) is 71.0 cm³/mol. The van der Waals surface area contributed by atoms with Crippen molar-refractivity contribution >= 4 is 29.0 Å². The Bertz CT molecular complexity index is 486. The molecular formula is C12H14N2O3S. The van der Waals surface area contributed by atoms with Crippen LogP contribution in [0.4, 0.5) is 11.4 Å². The Balaban J connectivity index is 1.78. The zero-order valence-electron chi connectivity index (χ0n) is 9.77. The molecule has 1 fully saturated rings. The molecule has 0 radical (unpaired) electrons. The minimum atomic E-state index is 0.0329. The van der Waals surface area contributed by atoms with E-state index in [2.05, 4.69) is 5.32 Å². The van der Waals surface area contributed by atoms with Crippen molar-refractivity contribution in [2.24, 2.45) is 5.92 Å². The van der Waals surface area contributed by atoms with Crippen LogP contribution < -0.4 is 20.5 Å². The van der Waals surface area contributed by atoms with Crippen LogP contribution in [0.15, 0.2) is 12.1 Å². The molecule has 0 spiro atoms. The van der Waals surface area contributed by atoms with Gasteiger partial charge in [-0.2, -0.15) is 11.8 Å². The van der Waals surface area contributed by atoms with Gasteiger partial charge in [0.25, 0.3) is 0 Å². The highest BCUT2D eigenvalue weighted by atomic mass is 32.2. The zero-order valence-corrected chi connectivity index (χ0v) is 10.6. The zero-order chi connectivity index (χ0) is 12.5. The van der Waals surface area contributed by atoms with Crippen molar-refractivity contribution in [3.05, 3.63) is 12.1 Å². The second kappa shape index (κ2) is 4.61. The summed E-state index contributed by atoms with van der Waals surface area (Å²) in [6.07, 6.45) is 0.932. The lowest BCUT2D eigenvalue weighted by Crippen LogP contribution is -2.22. The third-order valence-electron chi connectivity index (χ3n) is 3.10. The maximum atomic E-state index is 12.0. The van der Waals surface area contributed by atoms with Gasteiger partial charge in [-0.1, -0.05) is 0 Å². The van der Waals surface area contributed by atoms with Gasteiger partial charge in [-0.05, 0) is 12.2 Å². The van der Waals surface area contributed by atoms with Crippen molar-refractivity contribution < 1.29 is 14.3 Å². The summed E-state index contributed by atoms with van der Waals surface area (Å²) in [5, 5.41) is 2.87. The van der Waals surface area contributed by atoms with E-state index in [1.165, 1.54) is 0 Å². The minimum Gasteiger partial charge on any atom is -0.454 e. The predicted octanol–water partition coefficient (Wildman–Crippen LogP) is 1.69. The van der Waals surface area contributed by atoms with E-state index in [1.807, 2.05) is 11.8 Å². The molecule has 1 saturated heterocycles. The van der Waals surface area contributed by atoms with Gasteiger partial charge in [0.15, 0.2) is 11.5 Å². The molecule has 2 aliphatic rings. The van der Waals surface area contributed by atoms with Crippen molar-refractivity contribution in [3.8, 4) is 11.5 Å². The summed E-state index contributed by atoms with van der Waals surface area (Å²) < 4.78 is 10.5. The summed E-state index contributed by atoms with van der Waals surface area (Å²) in [5.74, 6) is 3.30. The van der Waals surface area contributed by atoms with E-state index < -0.39 is 0 Å². The molecule has 6 heteroatoms. The van der Waals surface area contributed by atoms with E-state index in [4.69, 9.17) is 15.2 Å². The van der Waals surface area contributed by atoms with Crippen molar-refractivity contribution in [2.75, 3.05) is 29.3 Å². The lowest BCUT2D eigenvalue weighted by molar-refractivity contribution is -0.119. The average Bonchev–Trinajstić information content (AvgIpc) is 2.98. The SMILES string of the molecule is Nc1cc2c(cc1NC(=O)C1CCSC1)OCO2. The molecule has 0 aromatic heterocycles. The van der Waals surface area contributed by atoms with Gasteiger partial charge in [0.1, 0.15) is 0 Å². The van der Waals surface area contributed by atoms with Gasteiger partial charge in [-0.3, -0.25) is 4.79 Å². The summed E-state index contributed by atoms with van der Waals surface area (Å²) in [4.78, 5) is 12.0. The number of nitrogens with two attached hydrogens (primary N) is 1. The number of ether oxygens (including phenoxy) is 2. The molecule has 0 aliphatic carbocycles. The molecule has 1 unspecified atom stereocenters. The average molecular weight is 266 g/mol. The van der Waals surface area contributed by atoms with E-state index in [1.54, 1.807) is 12.1 Å². The van der Waals surface area contributed by atoms with E-state index in [0.717, 1.165) is 17.9 Å². The second-order valence-corrected chi connectivity index (χ2v) is 5.49. The van der Waals surface area contributed by atoms with Gasteiger partial charge < -0.3 is 20.5 Å². The molecule has 3 N–H and O–H groups in total. The van der Waals surface area contributed by atoms with E-state index in [9.17, 15) is 4.79 Å². The van der Waals surface area contributed by atoms with Crippen LogP contribution in [0.2, 0.25) is 0 Å². The van der Waals surface area contributed by atoms with Crippen molar-refractivity contribution in [1.29, 1.82) is 0 Å². The molecule has 1 amide bonds. The first-order valence-electron chi connectivity index (χ1n) is 5.82. The number of amides is 1. The number of fused-ring (bicyclic) bond motifs is 1. The number of anilines is 2. The molecule has 2 aliphatic heterocycles. The molecule has 1 aromatic carbocycles. The lowest BCUT2D eigenvalue weighted by Gasteiger charge is -2.12. The van der Waals surface area contributed by atoms with Crippen LogP contribution in [0.5, 0.6) is 11.5 Å². The van der Waals surface area contributed by atoms with Crippen LogP contribution in [-0.4, -0.2) is 24.2 Å². The fourth-order valence-corrected chi connectivity index (χ4v) is 3.26. The lowest BCUT2D eigenvalue weighted by atomic mass is 10.1. The normalized spacial score (nSPS) is 21.0. The number of rotatable bonds is 2. The fourth-order valence-electron chi connectivity index (χ4n) is 2.04. The third kappa shape index (κ3) is 2.08. The van der Waals surface area contributed by atoms with Crippen LogP contribution >= 0.6 is 11.8 Å². The number of benzene rings is 1. The minimum absolute atomic E-state index is 0.0329. The summed E-state index contributed by atoms with van der Waals surface area (Å²) in [6, 6.07) is 3.40. The molecule has 2 heterocycles. The first-order chi connectivity index (χ1) is 8.74. The van der Waals surface area contributed by atoms with Gasteiger partial charge in [-0.25, -0.2) is 0 Å². The molecule has 3 rings (SSSR count). The number of nitrogen functional groups attached to an aromatic ring is 1. The first kappa shape index (κ1) is 11.5. The highest BCUT2D eigenvalue weighted by Gasteiger charge is 2.24. The van der Waals surface area contributed by atoms with E-state index in [-0.39, 0.29) is 18.6 Å². The Labute approximate surface area is 109 Å². The maximum Gasteiger partial charge on any atom is 0.231 e. The van der Waals surface area contributed by atoms with E-state index >= 15 is 0 Å². The number of nitrogens with one attached hydrogen (secondary N) is 1. The van der Waals surface area contributed by atoms with Crippen LogP contribution in [-0.2, 0) is 4.79 Å². The summed E-state index contributed by atoms with van der Waals surface area (Å²) >= 11 is 1.81. The van der Waals surface area contributed by atoms with E-state index in [0.29, 0.717) is 22.9 Å². The molecule has 1 atom stereocenters. The van der Waals surface area contributed by atoms with Gasteiger partial charge in [0.05, 0.1) is 11.4 Å². The van der Waals surface area contributed by atoms with Crippen molar-refractivity contribution in [3.63, 3.8) is 0 Å². The Kier molecular flexibility index (Phi) is 2.95. The quantitative estimate of drug-likeness (QED) is 0.797. The summed E-state index contributed by atoms with van der Waals surface area (Å²) in [5.41, 5.74) is 6.98. The molecule has 18 heavy (non-hydrogen) atoms. The maximum absolute atomic E-state index is 12.0. The van der Waals surface area contributed by atoms with Crippen LogP contribution in [0.3, 0.4) is 0 Å². The molecule has 1 aromatic rings. The number of hydrogen-bond donors (Lipinski definition) is 2. The van der Waals surface area contributed by atoms with Gasteiger partial charge in [0, 0.05) is 23.8 Å². The topological polar surface area (TPSA) is 73.6 Å². The molecule has 0 saturated carbocycles. The Hall–Kier alpha value is -1.56. The first-order valence-corrected chi connectivity index (χ1v) is 6.97. The number of carbonyl (C=O) groups excluding carboxylic acids is 1. The largest absolute Gasteiger partial charge is 0.454 e. The monoisotopic (exact) mass is 266 g/mol. The van der Waals surface area contributed by atoms with Gasteiger partial charge in [-0.15, -0.1) is 0 Å². The van der Waals surface area contributed by atoms with Crippen molar-refractivity contribution in [1.82, 2.24) is 0 Å². The van der Waals surface area contributed by atoms with Crippen molar-refractivity contribution in [2.45, 2.75) is 6.42 Å². The Morgan fingerprint density at radius 2 is 2.17 bits per heavy atom. The third-order valence-corrected chi connectivity index (χ3v) is 4.27. The summed E-state index contributed by atoms with van der Waals surface area (Å²) in [7, 11) is 0. The number of thioether (sulfide) groups is 1. The molecule has 96 valence electrons. The fraction of sp³-hybridized carbons (Fsp3) is 0.417. The van der Waals surface area contributed by atoms with Crippen LogP contribution in [0.25, 0.3) is 0 Å². The molecule has 5 nitrogen and oxygen atoms in total. The highest BCUT2D eigenvalue weighted by molar-refractivity contribution is 7.99. The smallest absolute Gasteiger partial charge is 0.231 e.